The Hall–Kier alpha value is -3.17. The molecule has 1 aliphatic heterocycles. The van der Waals surface area contributed by atoms with Gasteiger partial charge in [-0.05, 0) is 49.6 Å². The van der Waals surface area contributed by atoms with Gasteiger partial charge in [0.05, 0.1) is 41.9 Å². The van der Waals surface area contributed by atoms with E-state index in [2.05, 4.69) is 0 Å². The maximum atomic E-state index is 13.4. The molecule has 0 N–H and O–H groups in total. The van der Waals surface area contributed by atoms with Gasteiger partial charge >= 0.3 is 5.97 Å². The van der Waals surface area contributed by atoms with Crippen molar-refractivity contribution in [3.63, 3.8) is 0 Å². The Morgan fingerprint density at radius 1 is 1.30 bits per heavy atom. The van der Waals surface area contributed by atoms with Crippen LogP contribution in [0.5, 0.6) is 0 Å². The van der Waals surface area contributed by atoms with E-state index < -0.39 is 5.97 Å². The predicted molar refractivity (Wildman–Crippen MR) is 126 cm³/mol. The summed E-state index contributed by atoms with van der Waals surface area (Å²) in [7, 11) is 1.33. The zero-order valence-electron chi connectivity index (χ0n) is 18.5. The number of rotatable bonds is 6. The van der Waals surface area contributed by atoms with Crippen molar-refractivity contribution in [2.24, 2.45) is 0 Å². The Morgan fingerprint density at radius 2 is 2.18 bits per heavy atom. The van der Waals surface area contributed by atoms with Crippen LogP contribution in [-0.4, -0.2) is 44.7 Å². The summed E-state index contributed by atoms with van der Waals surface area (Å²) in [5.74, 6) is 0.0953. The summed E-state index contributed by atoms with van der Waals surface area (Å²) in [4.78, 5) is 34.9. The molecule has 5 rings (SSSR count). The second kappa shape index (κ2) is 8.99. The second-order valence-corrected chi connectivity index (χ2v) is 9.05. The minimum atomic E-state index is -0.462. The zero-order chi connectivity index (χ0) is 22.9. The van der Waals surface area contributed by atoms with Gasteiger partial charge in [-0.1, -0.05) is 17.8 Å². The second-order valence-electron chi connectivity index (χ2n) is 8.11. The summed E-state index contributed by atoms with van der Waals surface area (Å²) in [5, 5.41) is 1.05. The van der Waals surface area contributed by atoms with Crippen LogP contribution in [0.4, 0.5) is 0 Å². The molecule has 1 aromatic carbocycles. The SMILES string of the molecule is COC(=O)c1ccc2c(=O)n(CC3CCCO3)c(SCc3cn4cccc(C)c4n3)nc2c1. The van der Waals surface area contributed by atoms with Gasteiger partial charge in [-0.2, -0.15) is 0 Å². The molecular weight excluding hydrogens is 440 g/mol. The first-order valence-corrected chi connectivity index (χ1v) is 11.8. The molecule has 4 aromatic rings. The molecule has 4 heterocycles. The summed E-state index contributed by atoms with van der Waals surface area (Å²) in [6, 6.07) is 8.87. The highest BCUT2D eigenvalue weighted by Crippen LogP contribution is 2.25. The first-order chi connectivity index (χ1) is 16.0. The van der Waals surface area contributed by atoms with Crippen molar-refractivity contribution in [3.05, 3.63) is 69.9 Å². The van der Waals surface area contributed by atoms with E-state index in [0.29, 0.717) is 40.5 Å². The van der Waals surface area contributed by atoms with Crippen LogP contribution in [-0.2, 0) is 21.8 Å². The van der Waals surface area contributed by atoms with Gasteiger partial charge in [-0.25, -0.2) is 14.8 Å². The zero-order valence-corrected chi connectivity index (χ0v) is 19.3. The lowest BCUT2D eigenvalue weighted by atomic mass is 10.1. The average Bonchev–Trinajstić information content (AvgIpc) is 3.49. The summed E-state index contributed by atoms with van der Waals surface area (Å²) >= 11 is 1.46. The standard InChI is InChI=1S/C24H24N4O4S/c1-15-5-3-9-27-12-17(25-21(15)27)14-33-24-26-20-11-16(23(30)31-2)7-8-19(20)22(29)28(24)13-18-6-4-10-32-18/h3,5,7-9,11-12,18H,4,6,10,13-14H2,1-2H3. The van der Waals surface area contributed by atoms with Crippen LogP contribution >= 0.6 is 11.8 Å². The number of fused-ring (bicyclic) bond motifs is 2. The van der Waals surface area contributed by atoms with E-state index in [4.69, 9.17) is 19.4 Å². The monoisotopic (exact) mass is 464 g/mol. The van der Waals surface area contributed by atoms with Gasteiger partial charge in [-0.15, -0.1) is 0 Å². The summed E-state index contributed by atoms with van der Waals surface area (Å²) < 4.78 is 14.3. The van der Waals surface area contributed by atoms with Crippen LogP contribution < -0.4 is 5.56 Å². The highest BCUT2D eigenvalue weighted by atomic mass is 32.2. The average molecular weight is 465 g/mol. The molecule has 1 unspecified atom stereocenters. The van der Waals surface area contributed by atoms with E-state index >= 15 is 0 Å². The molecule has 0 spiro atoms. The lowest BCUT2D eigenvalue weighted by Gasteiger charge is -2.16. The van der Waals surface area contributed by atoms with Crippen molar-refractivity contribution in [2.45, 2.75) is 43.3 Å². The van der Waals surface area contributed by atoms with Gasteiger partial charge < -0.3 is 13.9 Å². The number of hydrogen-bond donors (Lipinski definition) is 0. The fourth-order valence-electron chi connectivity index (χ4n) is 4.12. The number of carbonyl (C=O) groups is 1. The van der Waals surface area contributed by atoms with Crippen LogP contribution in [0.3, 0.4) is 0 Å². The Labute approximate surface area is 194 Å². The Morgan fingerprint density at radius 3 is 2.94 bits per heavy atom. The lowest BCUT2D eigenvalue weighted by molar-refractivity contribution is 0.0601. The molecule has 0 bridgehead atoms. The van der Waals surface area contributed by atoms with Gasteiger partial charge in [0.15, 0.2) is 5.16 Å². The van der Waals surface area contributed by atoms with Crippen molar-refractivity contribution < 1.29 is 14.3 Å². The number of methoxy groups -OCH3 is 1. The Balaban J connectivity index is 1.53. The smallest absolute Gasteiger partial charge is 0.337 e. The largest absolute Gasteiger partial charge is 0.465 e. The lowest BCUT2D eigenvalue weighted by Crippen LogP contribution is -2.29. The summed E-state index contributed by atoms with van der Waals surface area (Å²) in [5.41, 5.74) is 3.61. The van der Waals surface area contributed by atoms with Crippen molar-refractivity contribution >= 4 is 34.3 Å². The molecule has 1 atom stereocenters. The van der Waals surface area contributed by atoms with E-state index in [9.17, 15) is 9.59 Å². The quantitative estimate of drug-likeness (QED) is 0.245. The fraction of sp³-hybridized carbons (Fsp3) is 0.333. The van der Waals surface area contributed by atoms with Gasteiger partial charge in [0, 0.05) is 24.8 Å². The molecule has 0 aliphatic carbocycles. The van der Waals surface area contributed by atoms with Crippen molar-refractivity contribution in [1.29, 1.82) is 0 Å². The molecule has 1 saturated heterocycles. The van der Waals surface area contributed by atoms with Gasteiger partial charge in [-0.3, -0.25) is 9.36 Å². The molecule has 170 valence electrons. The first kappa shape index (κ1) is 21.7. The minimum Gasteiger partial charge on any atom is -0.465 e. The fourth-order valence-corrected chi connectivity index (χ4v) is 5.01. The third-order valence-corrected chi connectivity index (χ3v) is 6.84. The maximum Gasteiger partial charge on any atom is 0.337 e. The maximum absolute atomic E-state index is 13.4. The number of imidazole rings is 1. The van der Waals surface area contributed by atoms with E-state index in [1.165, 1.54) is 18.9 Å². The number of aryl methyl sites for hydroxylation is 1. The Bertz CT molecular complexity index is 1410. The molecule has 33 heavy (non-hydrogen) atoms. The topological polar surface area (TPSA) is 87.7 Å². The van der Waals surface area contributed by atoms with E-state index in [1.807, 2.05) is 35.9 Å². The molecule has 1 fully saturated rings. The number of esters is 1. The molecule has 9 heteroatoms. The number of hydrogen-bond acceptors (Lipinski definition) is 7. The molecule has 0 saturated carbocycles. The summed E-state index contributed by atoms with van der Waals surface area (Å²) in [6.07, 6.45) is 5.87. The van der Waals surface area contributed by atoms with Crippen LogP contribution in [0, 0.1) is 6.92 Å². The van der Waals surface area contributed by atoms with Crippen LogP contribution in [0.15, 0.2) is 52.7 Å². The molecule has 0 amide bonds. The molecule has 8 nitrogen and oxygen atoms in total. The molecular formula is C24H24N4O4S. The predicted octanol–water partition coefficient (Wildman–Crippen LogP) is 3.61. The summed E-state index contributed by atoms with van der Waals surface area (Å²) in [6.45, 7) is 3.20. The first-order valence-electron chi connectivity index (χ1n) is 10.8. The van der Waals surface area contributed by atoms with E-state index in [1.54, 1.807) is 22.8 Å². The molecule has 0 radical (unpaired) electrons. The van der Waals surface area contributed by atoms with Gasteiger partial charge in [0.2, 0.25) is 0 Å². The number of pyridine rings is 1. The van der Waals surface area contributed by atoms with Gasteiger partial charge in [0.1, 0.15) is 5.65 Å². The molecule has 3 aromatic heterocycles. The van der Waals surface area contributed by atoms with Crippen molar-refractivity contribution in [2.75, 3.05) is 13.7 Å². The number of thioether (sulfide) groups is 1. The highest BCUT2D eigenvalue weighted by molar-refractivity contribution is 7.98. The molecule has 1 aliphatic rings. The normalized spacial score (nSPS) is 16.0. The van der Waals surface area contributed by atoms with E-state index in [-0.39, 0.29) is 11.7 Å². The third kappa shape index (κ3) is 4.26. The van der Waals surface area contributed by atoms with Crippen molar-refractivity contribution in [3.8, 4) is 0 Å². The number of ether oxygens (including phenoxy) is 2. The number of carbonyl (C=O) groups excluding carboxylic acids is 1. The van der Waals surface area contributed by atoms with Crippen LogP contribution in [0.25, 0.3) is 16.6 Å². The third-order valence-electron chi connectivity index (χ3n) is 5.83. The minimum absolute atomic E-state index is 0.00603. The van der Waals surface area contributed by atoms with Crippen LogP contribution in [0.1, 0.15) is 34.5 Å². The van der Waals surface area contributed by atoms with Crippen molar-refractivity contribution in [1.82, 2.24) is 18.9 Å². The van der Waals surface area contributed by atoms with E-state index in [0.717, 1.165) is 29.7 Å². The number of nitrogens with zero attached hydrogens (tertiary/aromatic N) is 4. The van der Waals surface area contributed by atoms with Crippen LogP contribution in [0.2, 0.25) is 0 Å². The van der Waals surface area contributed by atoms with Gasteiger partial charge in [0.25, 0.3) is 5.56 Å². The number of aromatic nitrogens is 4. The highest BCUT2D eigenvalue weighted by Gasteiger charge is 2.21. The Kier molecular flexibility index (Phi) is 5.90. The number of benzene rings is 1.